The van der Waals surface area contributed by atoms with Gasteiger partial charge in [-0.1, -0.05) is 265 Å². The van der Waals surface area contributed by atoms with Gasteiger partial charge in [0.2, 0.25) is 0 Å². The number of hydrogen-bond acceptors (Lipinski definition) is 6. The van der Waals surface area contributed by atoms with Gasteiger partial charge in [-0.25, -0.2) is 0 Å². The molecule has 0 rings (SSSR count). The number of esters is 3. The Labute approximate surface area is 374 Å². The van der Waals surface area contributed by atoms with Crippen LogP contribution in [0.4, 0.5) is 0 Å². The fourth-order valence-electron chi connectivity index (χ4n) is 8.19. The van der Waals surface area contributed by atoms with Crippen LogP contribution in [0.5, 0.6) is 0 Å². The molecule has 0 heterocycles. The minimum atomic E-state index is -0.761. The van der Waals surface area contributed by atoms with Crippen LogP contribution in [0.25, 0.3) is 0 Å². The smallest absolute Gasteiger partial charge is 0.306 e. The largest absolute Gasteiger partial charge is 0.462 e. The maximum absolute atomic E-state index is 12.8. The van der Waals surface area contributed by atoms with Crippen molar-refractivity contribution in [3.8, 4) is 0 Å². The van der Waals surface area contributed by atoms with Crippen molar-refractivity contribution < 1.29 is 28.6 Å². The first kappa shape index (κ1) is 58.4. The predicted octanol–water partition coefficient (Wildman–Crippen LogP) is 17.5. The lowest BCUT2D eigenvalue weighted by atomic mass is 9.99. The highest BCUT2D eigenvalue weighted by atomic mass is 16.6. The summed E-state index contributed by atoms with van der Waals surface area (Å²) in [5.74, 6) is 0.00539. The van der Waals surface area contributed by atoms with Crippen molar-refractivity contribution in [2.75, 3.05) is 13.2 Å². The van der Waals surface area contributed by atoms with Crippen LogP contribution in [-0.4, -0.2) is 37.2 Å². The fraction of sp³-hybridized carbons (Fsp3) is 0.944. The van der Waals surface area contributed by atoms with Crippen molar-refractivity contribution in [3.05, 3.63) is 0 Å². The molecule has 356 valence electrons. The van der Waals surface area contributed by atoms with Gasteiger partial charge in [0.25, 0.3) is 0 Å². The molecule has 0 spiro atoms. The molecule has 0 saturated heterocycles. The van der Waals surface area contributed by atoms with Crippen LogP contribution in [-0.2, 0) is 28.6 Å². The summed E-state index contributed by atoms with van der Waals surface area (Å²) >= 11 is 0. The average Bonchev–Trinajstić information content (AvgIpc) is 3.25. The van der Waals surface area contributed by atoms with Crippen LogP contribution in [0.15, 0.2) is 0 Å². The second-order valence-corrected chi connectivity index (χ2v) is 18.8. The molecule has 0 N–H and O–H groups in total. The second-order valence-electron chi connectivity index (χ2n) is 18.8. The first-order chi connectivity index (χ1) is 29.4. The van der Waals surface area contributed by atoms with Gasteiger partial charge in [-0.15, -0.1) is 0 Å². The third-order valence-electron chi connectivity index (χ3n) is 12.7. The van der Waals surface area contributed by atoms with E-state index >= 15 is 0 Å². The van der Waals surface area contributed by atoms with Crippen molar-refractivity contribution in [2.24, 2.45) is 5.92 Å². The minimum Gasteiger partial charge on any atom is -0.462 e. The average molecular weight is 849 g/mol. The van der Waals surface area contributed by atoms with Gasteiger partial charge in [0.15, 0.2) is 6.10 Å². The molecule has 1 unspecified atom stereocenters. The van der Waals surface area contributed by atoms with Gasteiger partial charge in [-0.2, -0.15) is 0 Å². The molecule has 0 amide bonds. The summed E-state index contributed by atoms with van der Waals surface area (Å²) < 4.78 is 16.8. The first-order valence-electron chi connectivity index (χ1n) is 26.9. The maximum Gasteiger partial charge on any atom is 0.306 e. The number of carbonyl (C=O) groups excluding carboxylic acids is 3. The van der Waals surface area contributed by atoms with E-state index in [0.717, 1.165) is 63.7 Å². The Balaban J connectivity index is 4.30. The molecule has 0 aromatic heterocycles. The van der Waals surface area contributed by atoms with Gasteiger partial charge in [0.1, 0.15) is 13.2 Å². The summed E-state index contributed by atoms with van der Waals surface area (Å²) in [5, 5.41) is 0. The number of rotatable bonds is 49. The van der Waals surface area contributed by atoms with Crippen LogP contribution >= 0.6 is 0 Å². The third-order valence-corrected chi connectivity index (χ3v) is 12.7. The molecule has 0 aliphatic carbocycles. The van der Waals surface area contributed by atoms with Gasteiger partial charge in [0, 0.05) is 19.3 Å². The van der Waals surface area contributed by atoms with Crippen molar-refractivity contribution in [1.29, 1.82) is 0 Å². The monoisotopic (exact) mass is 849 g/mol. The second kappa shape index (κ2) is 48.4. The predicted molar refractivity (Wildman–Crippen MR) is 257 cm³/mol. The molecule has 2 atom stereocenters. The quantitative estimate of drug-likeness (QED) is 0.0345. The number of hydrogen-bond donors (Lipinski definition) is 0. The number of unbranched alkanes of at least 4 members (excludes halogenated alkanes) is 35. The molecule has 0 aromatic carbocycles. The minimum absolute atomic E-state index is 0.0627. The maximum atomic E-state index is 12.8. The topological polar surface area (TPSA) is 78.9 Å². The van der Waals surface area contributed by atoms with Crippen LogP contribution in [0.1, 0.15) is 304 Å². The number of ether oxygens (including phenoxy) is 3. The Morgan fingerprint density at radius 3 is 0.867 bits per heavy atom. The molecule has 0 aliphatic heterocycles. The summed E-state index contributed by atoms with van der Waals surface area (Å²) in [4.78, 5) is 38.0. The van der Waals surface area contributed by atoms with Crippen molar-refractivity contribution in [1.82, 2.24) is 0 Å². The summed E-state index contributed by atoms with van der Waals surface area (Å²) in [5.41, 5.74) is 0. The Kier molecular flexibility index (Phi) is 47.2. The summed E-state index contributed by atoms with van der Waals surface area (Å²) in [6.07, 6.45) is 50.8. The van der Waals surface area contributed by atoms with E-state index in [-0.39, 0.29) is 31.1 Å². The highest BCUT2D eigenvalue weighted by Crippen LogP contribution is 2.18. The molecular weight excluding hydrogens is 745 g/mol. The van der Waals surface area contributed by atoms with Crippen molar-refractivity contribution in [2.45, 2.75) is 310 Å². The van der Waals surface area contributed by atoms with Gasteiger partial charge in [0.05, 0.1) is 0 Å². The normalized spacial score (nSPS) is 12.4. The standard InChI is InChI=1S/C54H104O6/c1-5-8-10-12-14-16-18-20-22-23-25-26-28-33-37-41-45-52(55)58-48-51(49-59-53(56)46-42-38-34-31-30-32-36-40-44-50(4)7-3)60-54(57)47-43-39-35-29-27-24-21-19-17-15-13-11-9-6-2/h50-51H,5-49H2,1-4H3/t50?,51-/m0/s1. The Bertz CT molecular complexity index is 905. The first-order valence-corrected chi connectivity index (χ1v) is 26.9. The van der Waals surface area contributed by atoms with E-state index in [0.29, 0.717) is 19.3 Å². The molecule has 0 fully saturated rings. The zero-order valence-electron chi connectivity index (χ0n) is 40.9. The van der Waals surface area contributed by atoms with Gasteiger partial charge in [-0.3, -0.25) is 14.4 Å². The highest BCUT2D eigenvalue weighted by Gasteiger charge is 2.19. The van der Waals surface area contributed by atoms with Crippen molar-refractivity contribution >= 4 is 17.9 Å². The lowest BCUT2D eigenvalue weighted by Crippen LogP contribution is -2.30. The van der Waals surface area contributed by atoms with E-state index in [9.17, 15) is 14.4 Å². The Morgan fingerprint density at radius 2 is 0.583 bits per heavy atom. The van der Waals surface area contributed by atoms with E-state index < -0.39 is 6.10 Å². The zero-order chi connectivity index (χ0) is 43.8. The molecular formula is C54H104O6. The third kappa shape index (κ3) is 45.9. The molecule has 60 heavy (non-hydrogen) atoms. The van der Waals surface area contributed by atoms with Crippen LogP contribution in [0.2, 0.25) is 0 Å². The molecule has 6 heteroatoms. The highest BCUT2D eigenvalue weighted by molar-refractivity contribution is 5.71. The van der Waals surface area contributed by atoms with Gasteiger partial charge in [-0.05, 0) is 25.2 Å². The van der Waals surface area contributed by atoms with E-state index in [2.05, 4.69) is 27.7 Å². The van der Waals surface area contributed by atoms with Crippen LogP contribution in [0, 0.1) is 5.92 Å². The molecule has 0 radical (unpaired) electrons. The van der Waals surface area contributed by atoms with Crippen molar-refractivity contribution in [3.63, 3.8) is 0 Å². The Hall–Kier alpha value is -1.59. The Morgan fingerprint density at radius 1 is 0.333 bits per heavy atom. The van der Waals surface area contributed by atoms with Gasteiger partial charge < -0.3 is 14.2 Å². The van der Waals surface area contributed by atoms with Crippen LogP contribution < -0.4 is 0 Å². The fourth-order valence-corrected chi connectivity index (χ4v) is 8.19. The zero-order valence-corrected chi connectivity index (χ0v) is 40.9. The molecule has 0 saturated carbocycles. The summed E-state index contributed by atoms with van der Waals surface area (Å²) in [6, 6.07) is 0. The number of carbonyl (C=O) groups is 3. The molecule has 0 aromatic rings. The lowest BCUT2D eigenvalue weighted by molar-refractivity contribution is -0.167. The van der Waals surface area contributed by atoms with E-state index in [4.69, 9.17) is 14.2 Å². The lowest BCUT2D eigenvalue weighted by Gasteiger charge is -2.18. The van der Waals surface area contributed by atoms with E-state index in [1.54, 1.807) is 0 Å². The van der Waals surface area contributed by atoms with Gasteiger partial charge >= 0.3 is 17.9 Å². The van der Waals surface area contributed by atoms with E-state index in [1.807, 2.05) is 0 Å². The molecule has 0 aliphatic rings. The van der Waals surface area contributed by atoms with E-state index in [1.165, 1.54) is 199 Å². The molecule has 6 nitrogen and oxygen atoms in total. The summed E-state index contributed by atoms with van der Waals surface area (Å²) in [7, 11) is 0. The SMILES string of the molecule is CCCCCCCCCCCCCCCCCCC(=O)OC[C@@H](COC(=O)CCCCCCCCCCC(C)CC)OC(=O)CCCCCCCCCCCCCCCC. The summed E-state index contributed by atoms with van der Waals surface area (Å²) in [6.45, 7) is 9.04. The van der Waals surface area contributed by atoms with Crippen LogP contribution in [0.3, 0.4) is 0 Å². The molecule has 0 bridgehead atoms.